The van der Waals surface area contributed by atoms with Crippen LogP contribution in [-0.2, 0) is 23.7 Å². The molecule has 10 heteroatoms. The molecule has 0 saturated carbocycles. The highest BCUT2D eigenvalue weighted by atomic mass is 16.6. The minimum absolute atomic E-state index is 0.262. The Labute approximate surface area is 168 Å². The van der Waals surface area contributed by atoms with E-state index in [2.05, 4.69) is 4.99 Å². The first-order valence-electron chi connectivity index (χ1n) is 9.38. The number of amides is 3. The number of hydrogen-bond donors (Lipinski definition) is 0. The average Bonchev–Trinajstić information content (AvgIpc) is 3.06. The Morgan fingerprint density at radius 1 is 0.690 bits per heavy atom. The number of fused-ring (bicyclic) bond motifs is 1. The molecule has 2 aliphatic rings. The number of urea groups is 1. The van der Waals surface area contributed by atoms with Gasteiger partial charge in [-0.1, -0.05) is 0 Å². The third-order valence-electron chi connectivity index (χ3n) is 3.97. The Morgan fingerprint density at radius 3 is 1.72 bits per heavy atom. The van der Waals surface area contributed by atoms with Crippen molar-refractivity contribution >= 4 is 23.8 Å². The van der Waals surface area contributed by atoms with E-state index < -0.39 is 11.9 Å². The van der Waals surface area contributed by atoms with Crippen LogP contribution in [0.2, 0.25) is 0 Å². The Balaban J connectivity index is 1.65. The zero-order valence-corrected chi connectivity index (χ0v) is 16.0. The minimum Gasteiger partial charge on any atom is -0.487 e. The summed E-state index contributed by atoms with van der Waals surface area (Å²) in [5.74, 6) is 0.354. The van der Waals surface area contributed by atoms with Crippen molar-refractivity contribution in [3.8, 4) is 11.5 Å². The van der Waals surface area contributed by atoms with Crippen LogP contribution in [0.3, 0.4) is 0 Å². The monoisotopic (exact) mass is 408 g/mol. The summed E-state index contributed by atoms with van der Waals surface area (Å²) in [6.45, 7) is 4.11. The summed E-state index contributed by atoms with van der Waals surface area (Å²) in [5, 5.41) is 0. The van der Waals surface area contributed by atoms with Crippen molar-refractivity contribution in [1.29, 1.82) is 0 Å². The maximum absolute atomic E-state index is 11.9. The summed E-state index contributed by atoms with van der Waals surface area (Å²) in [5.41, 5.74) is 0.352. The molecular weight excluding hydrogens is 384 g/mol. The largest absolute Gasteiger partial charge is 0.487 e. The number of carbonyl (C=O) groups is 2. The number of benzene rings is 1. The van der Waals surface area contributed by atoms with Crippen molar-refractivity contribution < 1.29 is 38.0 Å². The Morgan fingerprint density at radius 2 is 1.21 bits per heavy atom. The number of rotatable bonds is 1. The van der Waals surface area contributed by atoms with Gasteiger partial charge in [-0.05, 0) is 12.1 Å². The second kappa shape index (κ2) is 11.5. The Hall–Kier alpha value is -2.53. The Kier molecular flexibility index (Phi) is 8.38. The maximum atomic E-state index is 11.9. The highest BCUT2D eigenvalue weighted by Gasteiger charge is 2.27. The summed E-state index contributed by atoms with van der Waals surface area (Å²) < 4.78 is 33.2. The lowest BCUT2D eigenvalue weighted by atomic mass is 10.2. The van der Waals surface area contributed by atoms with Crippen LogP contribution >= 0.6 is 0 Å². The van der Waals surface area contributed by atoms with E-state index in [4.69, 9.17) is 28.4 Å². The van der Waals surface area contributed by atoms with Crippen LogP contribution < -0.4 is 14.4 Å². The smallest absolute Gasteiger partial charge is 0.355 e. The lowest BCUT2D eigenvalue weighted by molar-refractivity contribution is -0.111. The molecule has 29 heavy (non-hydrogen) atoms. The molecule has 0 spiro atoms. The quantitative estimate of drug-likeness (QED) is 0.679. The van der Waals surface area contributed by atoms with Crippen LogP contribution in [0.4, 0.5) is 10.5 Å². The molecule has 0 aliphatic carbocycles. The van der Waals surface area contributed by atoms with E-state index in [1.807, 2.05) is 0 Å². The van der Waals surface area contributed by atoms with Gasteiger partial charge < -0.3 is 28.4 Å². The summed E-state index contributed by atoms with van der Waals surface area (Å²) >= 11 is 0. The normalized spacial score (nSPS) is 20.3. The molecule has 2 heterocycles. The minimum atomic E-state index is -0.644. The van der Waals surface area contributed by atoms with Gasteiger partial charge >= 0.3 is 6.03 Å². The van der Waals surface area contributed by atoms with Crippen molar-refractivity contribution in [3.05, 3.63) is 18.2 Å². The van der Waals surface area contributed by atoms with E-state index in [0.29, 0.717) is 76.6 Å². The average molecular weight is 408 g/mol. The van der Waals surface area contributed by atoms with E-state index >= 15 is 0 Å². The predicted octanol–water partition coefficient (Wildman–Crippen LogP) is 1.06. The predicted molar refractivity (Wildman–Crippen MR) is 102 cm³/mol. The summed E-state index contributed by atoms with van der Waals surface area (Å²) in [6.07, 6.45) is 0.985. The van der Waals surface area contributed by atoms with Gasteiger partial charge in [-0.2, -0.15) is 4.99 Å². The molecule has 158 valence electrons. The van der Waals surface area contributed by atoms with Gasteiger partial charge in [0.25, 0.3) is 5.91 Å². The van der Waals surface area contributed by atoms with Gasteiger partial charge in [-0.25, -0.2) is 9.69 Å². The second-order valence-corrected chi connectivity index (χ2v) is 5.99. The molecule has 0 unspecified atom stereocenters. The molecule has 2 aliphatic heterocycles. The lowest BCUT2D eigenvalue weighted by Gasteiger charge is -2.17. The fourth-order valence-electron chi connectivity index (χ4n) is 2.61. The molecule has 0 bridgehead atoms. The summed E-state index contributed by atoms with van der Waals surface area (Å²) in [6, 6.07) is 4.16. The van der Waals surface area contributed by atoms with E-state index in [-0.39, 0.29) is 6.61 Å². The Bertz CT molecular complexity index is 706. The number of ether oxygens (including phenoxy) is 6. The molecule has 0 saturated heterocycles. The van der Waals surface area contributed by atoms with Crippen LogP contribution in [0.1, 0.15) is 0 Å². The zero-order valence-electron chi connectivity index (χ0n) is 16.0. The van der Waals surface area contributed by atoms with Gasteiger partial charge in [-0.3, -0.25) is 4.79 Å². The van der Waals surface area contributed by atoms with Crippen molar-refractivity contribution in [2.24, 2.45) is 4.99 Å². The lowest BCUT2D eigenvalue weighted by Crippen LogP contribution is -2.29. The molecule has 10 nitrogen and oxygen atoms in total. The molecule has 0 atom stereocenters. The number of anilines is 1. The van der Waals surface area contributed by atoms with Crippen molar-refractivity contribution in [2.45, 2.75) is 0 Å². The van der Waals surface area contributed by atoms with Crippen LogP contribution in [0.5, 0.6) is 11.5 Å². The number of carbonyl (C=O) groups excluding carboxylic acids is 2. The molecule has 3 amide bonds. The van der Waals surface area contributed by atoms with Crippen molar-refractivity contribution in [1.82, 2.24) is 0 Å². The molecule has 0 fully saturated rings. The highest BCUT2D eigenvalue weighted by Crippen LogP contribution is 2.33. The van der Waals surface area contributed by atoms with Gasteiger partial charge in [0.05, 0.1) is 64.8 Å². The molecule has 0 radical (unpaired) electrons. The molecule has 0 N–H and O–H groups in total. The van der Waals surface area contributed by atoms with Crippen molar-refractivity contribution in [3.63, 3.8) is 0 Å². The highest BCUT2D eigenvalue weighted by molar-refractivity contribution is 6.45. The van der Waals surface area contributed by atoms with Crippen LogP contribution in [-0.4, -0.2) is 84.2 Å². The van der Waals surface area contributed by atoms with Crippen molar-refractivity contribution in [2.75, 3.05) is 71.0 Å². The number of aliphatic imine (C=N–C) groups is 1. The van der Waals surface area contributed by atoms with Gasteiger partial charge in [0.1, 0.15) is 13.2 Å². The fraction of sp³-hybridized carbons (Fsp3) is 0.526. The maximum Gasteiger partial charge on any atom is 0.355 e. The number of imide groups is 1. The first-order valence-corrected chi connectivity index (χ1v) is 9.38. The number of hydrogen-bond acceptors (Lipinski definition) is 8. The fourth-order valence-corrected chi connectivity index (χ4v) is 2.61. The third-order valence-corrected chi connectivity index (χ3v) is 3.97. The standard InChI is InChI=1S/C19H24N2O8/c22-18-14-20-19(23)21(18)15-1-2-16-17(13-15)29-12-10-27-8-6-25-4-3-24-5-7-26-9-11-28-16/h1-2,13-14H,3-12H2. The third kappa shape index (κ3) is 6.50. The van der Waals surface area contributed by atoms with Crippen LogP contribution in [0, 0.1) is 0 Å². The van der Waals surface area contributed by atoms with E-state index in [0.717, 1.165) is 11.1 Å². The SMILES string of the molecule is O=C1C=NC(=O)N1c1ccc2c(c1)OCCOCCOCCOCCOCCO2. The van der Waals surface area contributed by atoms with Crippen LogP contribution in [0.15, 0.2) is 23.2 Å². The van der Waals surface area contributed by atoms with Crippen LogP contribution in [0.25, 0.3) is 0 Å². The van der Waals surface area contributed by atoms with E-state index in [1.54, 1.807) is 18.2 Å². The summed E-state index contributed by atoms with van der Waals surface area (Å²) in [4.78, 5) is 28.2. The second-order valence-electron chi connectivity index (χ2n) is 5.99. The first-order chi connectivity index (χ1) is 14.3. The van der Waals surface area contributed by atoms with Gasteiger partial charge in [-0.15, -0.1) is 0 Å². The van der Waals surface area contributed by atoms with E-state index in [9.17, 15) is 9.59 Å². The molecule has 3 rings (SSSR count). The molecular formula is C19H24N2O8. The topological polar surface area (TPSA) is 105 Å². The number of nitrogens with zero attached hydrogens (tertiary/aromatic N) is 2. The van der Waals surface area contributed by atoms with Gasteiger partial charge in [0, 0.05) is 6.07 Å². The first kappa shape index (κ1) is 21.2. The van der Waals surface area contributed by atoms with Gasteiger partial charge in [0.15, 0.2) is 11.5 Å². The van der Waals surface area contributed by atoms with Gasteiger partial charge in [0.2, 0.25) is 0 Å². The molecule has 1 aromatic carbocycles. The molecule has 1 aromatic rings. The van der Waals surface area contributed by atoms with E-state index in [1.165, 1.54) is 0 Å². The molecule has 0 aromatic heterocycles. The summed E-state index contributed by atoms with van der Waals surface area (Å²) in [7, 11) is 0. The zero-order chi connectivity index (χ0) is 20.3.